The molecule has 2 fully saturated rings. The van der Waals surface area contributed by atoms with Crippen LogP contribution in [0.2, 0.25) is 0 Å². The molecule has 2 aromatic carbocycles. The number of nitrogens with zero attached hydrogens (tertiary/aromatic N) is 3. The van der Waals surface area contributed by atoms with Gasteiger partial charge in [-0.25, -0.2) is 9.18 Å². The predicted octanol–water partition coefficient (Wildman–Crippen LogP) is 2.82. The Kier molecular flexibility index (Phi) is 7.46. The molecular weight excluding hydrogens is 459 g/mol. The molecule has 0 unspecified atom stereocenters. The number of carbonyl (C=O) groups is 2. The topological polar surface area (TPSA) is 74.4 Å². The van der Waals surface area contributed by atoms with Crippen LogP contribution in [0, 0.1) is 5.82 Å². The molecule has 0 aliphatic carbocycles. The number of para-hydroxylation sites is 1. The monoisotopic (exact) mass is 486 g/mol. The van der Waals surface area contributed by atoms with E-state index in [9.17, 15) is 14.0 Å². The van der Waals surface area contributed by atoms with Gasteiger partial charge in [0.15, 0.2) is 6.61 Å². The Morgan fingerprint density at radius 1 is 1.18 bits per heavy atom. The molecule has 0 radical (unpaired) electrons. The van der Waals surface area contributed by atoms with E-state index in [-0.39, 0.29) is 18.6 Å². The van der Waals surface area contributed by atoms with Gasteiger partial charge in [0.1, 0.15) is 17.7 Å². The summed E-state index contributed by atoms with van der Waals surface area (Å²) in [7, 11) is 0. The van der Waals surface area contributed by atoms with Crippen molar-refractivity contribution in [2.24, 2.45) is 0 Å². The third-order valence-electron chi connectivity index (χ3n) is 5.77. The molecule has 2 aliphatic heterocycles. The quantitative estimate of drug-likeness (QED) is 0.604. The molecule has 4 rings (SSSR count). The highest BCUT2D eigenvalue weighted by Crippen LogP contribution is 2.28. The molecule has 2 amide bonds. The number of nitrogens with one attached hydrogen (secondary N) is 1. The van der Waals surface area contributed by atoms with Gasteiger partial charge < -0.3 is 24.6 Å². The summed E-state index contributed by atoms with van der Waals surface area (Å²) in [6, 6.07) is 13.9. The van der Waals surface area contributed by atoms with Crippen molar-refractivity contribution in [3.8, 4) is 5.75 Å². The minimum atomic E-state index is -0.509. The van der Waals surface area contributed by atoms with Crippen molar-refractivity contribution in [1.82, 2.24) is 10.2 Å². The van der Waals surface area contributed by atoms with Crippen LogP contribution in [0.1, 0.15) is 6.92 Å². The Morgan fingerprint density at radius 3 is 2.59 bits per heavy atom. The lowest BCUT2D eigenvalue weighted by Gasteiger charge is -2.36. The predicted molar refractivity (Wildman–Crippen MR) is 131 cm³/mol. The normalized spacial score (nSPS) is 18.0. The second kappa shape index (κ2) is 10.7. The van der Waals surface area contributed by atoms with E-state index in [2.05, 4.69) is 5.32 Å². The molecule has 34 heavy (non-hydrogen) atoms. The highest BCUT2D eigenvalue weighted by Gasteiger charge is 2.33. The third-order valence-corrected chi connectivity index (χ3v) is 5.92. The largest absolute Gasteiger partial charge is 0.484 e. The summed E-state index contributed by atoms with van der Waals surface area (Å²) in [5, 5.41) is 2.98. The molecule has 1 N–H and O–H groups in total. The molecule has 0 aromatic heterocycles. The maximum Gasteiger partial charge on any atom is 0.414 e. The zero-order valence-corrected chi connectivity index (χ0v) is 19.7. The van der Waals surface area contributed by atoms with E-state index >= 15 is 0 Å². The number of amides is 2. The Labute approximate surface area is 203 Å². The summed E-state index contributed by atoms with van der Waals surface area (Å²) >= 11 is 4.98. The molecule has 1 atom stereocenters. The number of hydrogen-bond acceptors (Lipinski definition) is 6. The molecule has 0 saturated carbocycles. The van der Waals surface area contributed by atoms with Crippen LogP contribution in [0.4, 0.5) is 20.6 Å². The average Bonchev–Trinajstić information content (AvgIpc) is 3.22. The Morgan fingerprint density at radius 2 is 1.91 bits per heavy atom. The fraction of sp³-hybridized carbons (Fsp3) is 0.375. The van der Waals surface area contributed by atoms with Gasteiger partial charge in [0.25, 0.3) is 5.91 Å². The number of anilines is 2. The van der Waals surface area contributed by atoms with Gasteiger partial charge in [-0.05, 0) is 37.3 Å². The molecule has 2 aliphatic rings. The summed E-state index contributed by atoms with van der Waals surface area (Å²) in [6.45, 7) is 4.42. The minimum absolute atomic E-state index is 0.0282. The van der Waals surface area contributed by atoms with Gasteiger partial charge in [0.05, 0.1) is 29.5 Å². The average molecular weight is 487 g/mol. The van der Waals surface area contributed by atoms with Crippen molar-refractivity contribution in [3.05, 3.63) is 54.3 Å². The van der Waals surface area contributed by atoms with Crippen molar-refractivity contribution in [2.45, 2.75) is 13.0 Å². The van der Waals surface area contributed by atoms with Crippen LogP contribution in [0.15, 0.2) is 48.5 Å². The molecule has 0 spiro atoms. The number of thiocarbonyl (C=S) groups is 1. The maximum absolute atomic E-state index is 15.0. The Hall–Kier alpha value is -3.40. The lowest BCUT2D eigenvalue weighted by Crippen LogP contribution is -2.50. The number of ether oxygens (including phenoxy) is 2. The number of rotatable bonds is 7. The van der Waals surface area contributed by atoms with Crippen molar-refractivity contribution < 1.29 is 23.5 Å². The Balaban J connectivity index is 1.30. The van der Waals surface area contributed by atoms with Crippen molar-refractivity contribution in [1.29, 1.82) is 0 Å². The van der Waals surface area contributed by atoms with E-state index in [1.807, 2.05) is 23.1 Å². The molecule has 2 aromatic rings. The molecular formula is C24H27FN4O4S. The van der Waals surface area contributed by atoms with Crippen LogP contribution in [-0.2, 0) is 9.53 Å². The fourth-order valence-corrected chi connectivity index (χ4v) is 4.05. The van der Waals surface area contributed by atoms with Crippen LogP contribution < -0.4 is 19.9 Å². The Bertz CT molecular complexity index is 1050. The first-order valence-corrected chi connectivity index (χ1v) is 11.5. The number of benzene rings is 2. The summed E-state index contributed by atoms with van der Waals surface area (Å²) in [5.74, 6) is 0.128. The zero-order valence-electron chi connectivity index (χ0n) is 18.9. The molecule has 10 heteroatoms. The molecule has 2 heterocycles. The first kappa shape index (κ1) is 23.7. The highest BCUT2D eigenvalue weighted by molar-refractivity contribution is 7.80. The second-order valence-corrected chi connectivity index (χ2v) is 8.77. The smallest absolute Gasteiger partial charge is 0.414 e. The van der Waals surface area contributed by atoms with Gasteiger partial charge in [-0.2, -0.15) is 0 Å². The van der Waals surface area contributed by atoms with Crippen LogP contribution in [0.5, 0.6) is 5.75 Å². The van der Waals surface area contributed by atoms with Gasteiger partial charge in [0.2, 0.25) is 0 Å². The van der Waals surface area contributed by atoms with E-state index in [0.29, 0.717) is 61.4 Å². The number of cyclic esters (lactones) is 1. The van der Waals surface area contributed by atoms with Crippen LogP contribution in [0.25, 0.3) is 0 Å². The van der Waals surface area contributed by atoms with Crippen LogP contribution in [-0.4, -0.2) is 73.9 Å². The number of hydrogen-bond donors (Lipinski definition) is 1. The molecule has 180 valence electrons. The summed E-state index contributed by atoms with van der Waals surface area (Å²) in [4.78, 5) is 30.4. The standard InChI is InChI=1S/C24H27FN4O4S/c1-17(34)26-14-20-15-29(24(31)33-20)18-7-8-22(21(25)13-18)27-9-11-28(12-10-27)23(30)16-32-19-5-3-2-4-6-19/h2-8,13,20H,9-12,14-16H2,1H3,(H,26,34)/t20-/m0/s1. The van der Waals surface area contributed by atoms with E-state index in [1.54, 1.807) is 36.1 Å². The summed E-state index contributed by atoms with van der Waals surface area (Å²) in [6.07, 6.45) is -0.865. The van der Waals surface area contributed by atoms with Crippen molar-refractivity contribution >= 4 is 40.6 Å². The van der Waals surface area contributed by atoms with Gasteiger partial charge in [-0.3, -0.25) is 9.69 Å². The zero-order chi connectivity index (χ0) is 24.1. The van der Waals surface area contributed by atoms with E-state index < -0.39 is 11.9 Å². The lowest BCUT2D eigenvalue weighted by atomic mass is 10.2. The maximum atomic E-state index is 15.0. The SMILES string of the molecule is CC(=S)NC[C@H]1CN(c2ccc(N3CCN(C(=O)COc4ccccc4)CC3)c(F)c2)C(=O)O1. The van der Waals surface area contributed by atoms with Gasteiger partial charge in [0, 0.05) is 26.2 Å². The first-order valence-electron chi connectivity index (χ1n) is 11.1. The highest BCUT2D eigenvalue weighted by atomic mass is 32.1. The number of piperazine rings is 1. The first-order chi connectivity index (χ1) is 16.4. The lowest BCUT2D eigenvalue weighted by molar-refractivity contribution is -0.133. The van der Waals surface area contributed by atoms with Gasteiger partial charge in [-0.15, -0.1) is 0 Å². The molecule has 8 nitrogen and oxygen atoms in total. The minimum Gasteiger partial charge on any atom is -0.484 e. The molecule has 2 saturated heterocycles. The summed E-state index contributed by atoms with van der Waals surface area (Å²) < 4.78 is 25.9. The van der Waals surface area contributed by atoms with Gasteiger partial charge >= 0.3 is 6.09 Å². The third kappa shape index (κ3) is 5.74. The van der Waals surface area contributed by atoms with Gasteiger partial charge in [-0.1, -0.05) is 30.4 Å². The second-order valence-electron chi connectivity index (χ2n) is 8.16. The fourth-order valence-electron chi connectivity index (χ4n) is 3.97. The summed E-state index contributed by atoms with van der Waals surface area (Å²) in [5.41, 5.74) is 0.887. The van der Waals surface area contributed by atoms with E-state index in [0.717, 1.165) is 0 Å². The van der Waals surface area contributed by atoms with Crippen LogP contribution >= 0.6 is 12.2 Å². The van der Waals surface area contributed by atoms with Crippen molar-refractivity contribution in [2.75, 3.05) is 55.7 Å². The van der Waals surface area contributed by atoms with E-state index in [1.165, 1.54) is 11.0 Å². The van der Waals surface area contributed by atoms with Crippen molar-refractivity contribution in [3.63, 3.8) is 0 Å². The van der Waals surface area contributed by atoms with E-state index in [4.69, 9.17) is 21.7 Å². The number of carbonyl (C=O) groups excluding carboxylic acids is 2. The molecule has 0 bridgehead atoms. The van der Waals surface area contributed by atoms with Crippen LogP contribution in [0.3, 0.4) is 0 Å². The number of halogens is 1.